The molecule has 3 heterocycles. The van der Waals surface area contributed by atoms with Crippen molar-refractivity contribution in [3.63, 3.8) is 0 Å². The summed E-state index contributed by atoms with van der Waals surface area (Å²) < 4.78 is 11.5. The Kier molecular flexibility index (Phi) is 6.73. The minimum atomic E-state index is -0.735. The zero-order chi connectivity index (χ0) is 20.1. The predicted octanol–water partition coefficient (Wildman–Crippen LogP) is 2.86. The molecule has 160 valence electrons. The Morgan fingerprint density at radius 2 is 2.10 bits per heavy atom. The average Bonchev–Trinajstić information content (AvgIpc) is 3.12. The summed E-state index contributed by atoms with van der Waals surface area (Å²) in [7, 11) is 0. The summed E-state index contributed by atoms with van der Waals surface area (Å²) >= 11 is 0. The number of likely N-dealkylation sites (tertiary alicyclic amines) is 2. The molecule has 0 unspecified atom stereocenters. The first-order chi connectivity index (χ1) is 14.2. The van der Waals surface area contributed by atoms with E-state index in [1.807, 2.05) is 12.1 Å². The van der Waals surface area contributed by atoms with Crippen LogP contribution in [0.5, 0.6) is 5.75 Å². The van der Waals surface area contributed by atoms with Crippen LogP contribution in [0.25, 0.3) is 0 Å². The van der Waals surface area contributed by atoms with Crippen LogP contribution in [0, 0.1) is 11.3 Å². The number of piperidine rings is 1. The SMILES string of the molecule is O=C(O)[C@]12COCC[C@H]1CN(Cc1cccc(OCCCN3CCCCC3)c1)C2. The fourth-order valence-electron chi connectivity index (χ4n) is 5.17. The number of hydrogen-bond acceptors (Lipinski definition) is 5. The van der Waals surface area contributed by atoms with Crippen molar-refractivity contribution in [1.82, 2.24) is 9.80 Å². The van der Waals surface area contributed by atoms with Gasteiger partial charge in [0, 0.05) is 32.8 Å². The number of nitrogens with zero attached hydrogens (tertiary/aromatic N) is 2. The largest absolute Gasteiger partial charge is 0.494 e. The van der Waals surface area contributed by atoms with Crippen LogP contribution in [0.1, 0.15) is 37.7 Å². The second-order valence-electron chi connectivity index (χ2n) is 8.92. The van der Waals surface area contributed by atoms with Gasteiger partial charge in [-0.3, -0.25) is 9.69 Å². The highest BCUT2D eigenvalue weighted by Gasteiger charge is 2.53. The van der Waals surface area contributed by atoms with Crippen molar-refractivity contribution in [3.8, 4) is 5.75 Å². The standard InChI is InChI=1S/C23H34N2O4/c26-22(27)23-17-25(16-20(23)8-13-28-18-23)15-19-6-4-7-21(14-19)29-12-5-11-24-9-2-1-3-10-24/h4,6-7,14,20H,1-3,5,8-13,15-18H2,(H,26,27)/t20-,23+/m0/s1. The second kappa shape index (κ2) is 9.45. The summed E-state index contributed by atoms with van der Waals surface area (Å²) in [5, 5.41) is 9.81. The molecule has 4 rings (SSSR count). The van der Waals surface area contributed by atoms with Gasteiger partial charge >= 0.3 is 5.97 Å². The van der Waals surface area contributed by atoms with Crippen LogP contribution in [0.15, 0.2) is 24.3 Å². The van der Waals surface area contributed by atoms with Crippen molar-refractivity contribution < 1.29 is 19.4 Å². The molecular weight excluding hydrogens is 368 g/mol. The molecule has 1 N–H and O–H groups in total. The lowest BCUT2D eigenvalue weighted by Gasteiger charge is -2.34. The van der Waals surface area contributed by atoms with Gasteiger partial charge in [0.05, 0.1) is 13.2 Å². The molecule has 0 saturated carbocycles. The third kappa shape index (κ3) is 4.93. The molecule has 0 radical (unpaired) electrons. The zero-order valence-electron chi connectivity index (χ0n) is 17.4. The summed E-state index contributed by atoms with van der Waals surface area (Å²) in [5.74, 6) is 0.382. The molecule has 3 fully saturated rings. The van der Waals surface area contributed by atoms with Gasteiger partial charge in [-0.05, 0) is 62.4 Å². The molecule has 0 aliphatic carbocycles. The van der Waals surface area contributed by atoms with Gasteiger partial charge in [0.1, 0.15) is 11.2 Å². The van der Waals surface area contributed by atoms with Crippen molar-refractivity contribution in [2.75, 3.05) is 52.5 Å². The zero-order valence-corrected chi connectivity index (χ0v) is 17.4. The van der Waals surface area contributed by atoms with Crippen LogP contribution in [0.4, 0.5) is 0 Å². The number of aliphatic carboxylic acids is 1. The number of benzene rings is 1. The molecule has 6 nitrogen and oxygen atoms in total. The summed E-state index contributed by atoms with van der Waals surface area (Å²) in [5.41, 5.74) is 0.444. The van der Waals surface area contributed by atoms with E-state index in [0.717, 1.165) is 44.8 Å². The topological polar surface area (TPSA) is 62.2 Å². The number of carbonyl (C=O) groups is 1. The Morgan fingerprint density at radius 3 is 2.90 bits per heavy atom. The van der Waals surface area contributed by atoms with Gasteiger partial charge in [0.2, 0.25) is 0 Å². The lowest BCUT2D eigenvalue weighted by molar-refractivity contribution is -0.159. The number of hydrogen-bond donors (Lipinski definition) is 1. The molecule has 3 saturated heterocycles. The first-order valence-electron chi connectivity index (χ1n) is 11.1. The molecule has 3 aliphatic heterocycles. The normalized spacial score (nSPS) is 28.2. The van der Waals surface area contributed by atoms with E-state index in [-0.39, 0.29) is 5.92 Å². The minimum Gasteiger partial charge on any atom is -0.494 e. The molecule has 29 heavy (non-hydrogen) atoms. The van der Waals surface area contributed by atoms with E-state index in [1.54, 1.807) is 0 Å². The quantitative estimate of drug-likeness (QED) is 0.675. The van der Waals surface area contributed by atoms with Gasteiger partial charge in [-0.25, -0.2) is 0 Å². The third-order valence-electron chi connectivity index (χ3n) is 6.80. The Balaban J connectivity index is 1.27. The van der Waals surface area contributed by atoms with Crippen LogP contribution in [0.3, 0.4) is 0 Å². The second-order valence-corrected chi connectivity index (χ2v) is 8.92. The van der Waals surface area contributed by atoms with E-state index < -0.39 is 11.4 Å². The Morgan fingerprint density at radius 1 is 1.24 bits per heavy atom. The van der Waals surface area contributed by atoms with E-state index >= 15 is 0 Å². The van der Waals surface area contributed by atoms with Crippen molar-refractivity contribution >= 4 is 5.97 Å². The molecule has 0 bridgehead atoms. The lowest BCUT2D eigenvalue weighted by atomic mass is 9.76. The van der Waals surface area contributed by atoms with Crippen LogP contribution in [0.2, 0.25) is 0 Å². The molecule has 0 aromatic heterocycles. The number of rotatable bonds is 8. The van der Waals surface area contributed by atoms with Gasteiger partial charge in [-0.1, -0.05) is 18.6 Å². The highest BCUT2D eigenvalue weighted by molar-refractivity contribution is 5.76. The van der Waals surface area contributed by atoms with E-state index in [4.69, 9.17) is 9.47 Å². The van der Waals surface area contributed by atoms with E-state index in [9.17, 15) is 9.90 Å². The number of carboxylic acid groups (broad SMARTS) is 1. The molecule has 0 amide bonds. The van der Waals surface area contributed by atoms with Crippen LogP contribution in [-0.4, -0.2) is 73.4 Å². The number of fused-ring (bicyclic) bond motifs is 1. The first kappa shape index (κ1) is 20.6. The molecule has 1 aromatic carbocycles. The van der Waals surface area contributed by atoms with Crippen molar-refractivity contribution in [3.05, 3.63) is 29.8 Å². The predicted molar refractivity (Wildman–Crippen MR) is 111 cm³/mol. The summed E-state index contributed by atoms with van der Waals surface area (Å²) in [6, 6.07) is 8.26. The highest BCUT2D eigenvalue weighted by atomic mass is 16.5. The Bertz CT molecular complexity index is 691. The third-order valence-corrected chi connectivity index (χ3v) is 6.80. The lowest BCUT2D eigenvalue weighted by Crippen LogP contribution is -2.46. The molecule has 2 atom stereocenters. The summed E-state index contributed by atoms with van der Waals surface area (Å²) in [4.78, 5) is 16.7. The molecule has 1 aromatic rings. The number of carboxylic acids is 1. The van der Waals surface area contributed by atoms with Crippen LogP contribution < -0.4 is 4.74 Å². The van der Waals surface area contributed by atoms with Crippen molar-refractivity contribution in [2.24, 2.45) is 11.3 Å². The smallest absolute Gasteiger partial charge is 0.313 e. The monoisotopic (exact) mass is 402 g/mol. The van der Waals surface area contributed by atoms with E-state index in [2.05, 4.69) is 21.9 Å². The Labute approximate surface area is 173 Å². The Hall–Kier alpha value is -1.63. The highest BCUT2D eigenvalue weighted by Crippen LogP contribution is 2.42. The van der Waals surface area contributed by atoms with Crippen molar-refractivity contribution in [2.45, 2.75) is 38.6 Å². The molecule has 0 spiro atoms. The van der Waals surface area contributed by atoms with Crippen LogP contribution >= 0.6 is 0 Å². The van der Waals surface area contributed by atoms with Gasteiger partial charge in [0.15, 0.2) is 0 Å². The van der Waals surface area contributed by atoms with E-state index in [0.29, 0.717) is 19.8 Å². The van der Waals surface area contributed by atoms with Crippen molar-refractivity contribution in [1.29, 1.82) is 0 Å². The maximum absolute atomic E-state index is 11.9. The van der Waals surface area contributed by atoms with Gasteiger partial charge in [-0.2, -0.15) is 0 Å². The summed E-state index contributed by atoms with van der Waals surface area (Å²) in [6.45, 7) is 7.49. The minimum absolute atomic E-state index is 0.183. The average molecular weight is 403 g/mol. The van der Waals surface area contributed by atoms with Gasteiger partial charge in [0.25, 0.3) is 0 Å². The maximum Gasteiger partial charge on any atom is 0.313 e. The summed E-state index contributed by atoms with van der Waals surface area (Å²) in [6.07, 6.45) is 5.92. The number of ether oxygens (including phenoxy) is 2. The van der Waals surface area contributed by atoms with Gasteiger partial charge in [-0.15, -0.1) is 0 Å². The molecule has 3 aliphatic rings. The first-order valence-corrected chi connectivity index (χ1v) is 11.1. The molecule has 6 heteroatoms. The maximum atomic E-state index is 11.9. The van der Waals surface area contributed by atoms with Gasteiger partial charge < -0.3 is 19.5 Å². The fraction of sp³-hybridized carbons (Fsp3) is 0.696. The van der Waals surface area contributed by atoms with Crippen LogP contribution in [-0.2, 0) is 16.1 Å². The fourth-order valence-corrected chi connectivity index (χ4v) is 5.17. The van der Waals surface area contributed by atoms with E-state index in [1.165, 1.54) is 37.9 Å². The molecular formula is C23H34N2O4.